The molecule has 75 heavy (non-hydrogen) atoms. The van der Waals surface area contributed by atoms with Crippen LogP contribution in [0.5, 0.6) is 0 Å². The Morgan fingerprint density at radius 1 is 0.347 bits per heavy atom. The van der Waals surface area contributed by atoms with Crippen molar-refractivity contribution in [3.8, 4) is 0 Å². The Bertz CT molecular complexity index is 1280. The molecule has 1 unspecified atom stereocenters. The van der Waals surface area contributed by atoms with E-state index < -0.39 is 0 Å². The Morgan fingerprint density at radius 2 is 0.667 bits per heavy atom. The summed E-state index contributed by atoms with van der Waals surface area (Å²) < 4.78 is 0. The fraction of sp³-hybridized carbons (Fsp3) is 0.545. The van der Waals surface area contributed by atoms with Crippen LogP contribution in [0.1, 0.15) is 193 Å². The smallest absolute Gasteiger partial charge is 0.171 e. The van der Waals surface area contributed by atoms with E-state index in [9.17, 15) is 0 Å². The molecule has 0 N–H and O–H groups in total. The van der Waals surface area contributed by atoms with Gasteiger partial charge in [0.2, 0.25) is 0 Å². The summed E-state index contributed by atoms with van der Waals surface area (Å²) in [6, 6.07) is 11.4. The Labute approximate surface area is 460 Å². The molecule has 0 saturated carbocycles. The van der Waals surface area contributed by atoms with Crippen LogP contribution in [0.4, 0.5) is 0 Å². The van der Waals surface area contributed by atoms with Gasteiger partial charge in [0.25, 0.3) is 0 Å². The number of aryl methyl sites for hydroxylation is 2. The molecule has 1 atom stereocenters. The van der Waals surface area contributed by atoms with Crippen LogP contribution in [-0.2, 0) is 7.05 Å². The summed E-state index contributed by atoms with van der Waals surface area (Å²) in [4.78, 5) is 34.3. The third kappa shape index (κ3) is 123. The van der Waals surface area contributed by atoms with Crippen LogP contribution >= 0.6 is 0 Å². The van der Waals surface area contributed by atoms with Crippen LogP contribution in [0.3, 0.4) is 0 Å². The Morgan fingerprint density at radius 3 is 0.773 bits per heavy atom. The van der Waals surface area contributed by atoms with E-state index in [-0.39, 0.29) is 13.5 Å². The van der Waals surface area contributed by atoms with Gasteiger partial charge in [0.1, 0.15) is 37.7 Å². The lowest BCUT2D eigenvalue weighted by atomic mass is 10.2. The van der Waals surface area contributed by atoms with E-state index in [2.05, 4.69) is 96.1 Å². The van der Waals surface area contributed by atoms with Gasteiger partial charge in [-0.1, -0.05) is 180 Å². The summed E-state index contributed by atoms with van der Waals surface area (Å²) in [5, 5.41) is 35.8. The van der Waals surface area contributed by atoms with Crippen molar-refractivity contribution in [2.45, 2.75) is 200 Å². The summed E-state index contributed by atoms with van der Waals surface area (Å²) in [6.07, 6.45) is 27.0. The minimum Gasteiger partial charge on any atom is -0.265 e. The Hall–Kier alpha value is -7.25. The van der Waals surface area contributed by atoms with Crippen molar-refractivity contribution >= 4 is 5.71 Å². The van der Waals surface area contributed by atoms with E-state index in [1.54, 1.807) is 88.2 Å². The van der Waals surface area contributed by atoms with E-state index in [0.717, 1.165) is 5.71 Å². The predicted molar refractivity (Wildman–Crippen MR) is 324 cm³/mol. The zero-order valence-electron chi connectivity index (χ0n) is 51.8. The van der Waals surface area contributed by atoms with Crippen molar-refractivity contribution in [3.05, 3.63) is 148 Å². The molecule has 0 aromatic carbocycles. The van der Waals surface area contributed by atoms with E-state index in [0.29, 0.717) is 5.82 Å². The molecule has 0 fully saturated rings. The van der Waals surface area contributed by atoms with Gasteiger partial charge in [0.05, 0.1) is 19.0 Å². The van der Waals surface area contributed by atoms with Crippen LogP contribution in [0, 0.1) is 6.92 Å². The quantitative estimate of drug-likeness (QED) is 0.137. The molecule has 0 aliphatic carbocycles. The van der Waals surface area contributed by atoms with Gasteiger partial charge in [-0.15, -0.1) is 20.4 Å². The summed E-state index contributed by atoms with van der Waals surface area (Å²) in [5.74, 6) is 0.711. The average molecular weight is 1050 g/mol. The lowest BCUT2D eigenvalue weighted by Crippen LogP contribution is -2.04. The number of nitrogens with zero attached hydrogens (tertiary/aromatic N) is 20. The number of pyridine rings is 1. The topological polar surface area (TPSA) is 248 Å². The molecule has 20 heteroatoms. The lowest BCUT2D eigenvalue weighted by Gasteiger charge is -1.89. The lowest BCUT2D eigenvalue weighted by molar-refractivity contribution is 0.629. The molecule has 8 rings (SSSR count). The second-order valence-corrected chi connectivity index (χ2v) is 8.27. The first-order valence-corrected chi connectivity index (χ1v) is 26.3. The second kappa shape index (κ2) is 132. The zero-order chi connectivity index (χ0) is 60.0. The van der Waals surface area contributed by atoms with Crippen LogP contribution in [0.15, 0.2) is 158 Å². The molecular weight excluding hydrogens is 941 g/mol. The van der Waals surface area contributed by atoms with Gasteiger partial charge in [0.15, 0.2) is 5.82 Å². The Balaban J connectivity index is -0.0000000503. The molecule has 0 bridgehead atoms. The molecule has 1 aliphatic rings. The molecule has 432 valence electrons. The summed E-state index contributed by atoms with van der Waals surface area (Å²) in [7, 11) is 1.74. The summed E-state index contributed by atoms with van der Waals surface area (Å²) >= 11 is 0. The highest BCUT2D eigenvalue weighted by Crippen LogP contribution is 2.02. The van der Waals surface area contributed by atoms with Gasteiger partial charge in [0, 0.05) is 68.2 Å². The van der Waals surface area contributed by atoms with Crippen LogP contribution in [-0.4, -0.2) is 97.2 Å². The molecule has 0 radical (unpaired) electrons. The standard InChI is InChI=1S/C5H5N.C4H7N3.3C4H4N2.C3H6N4.2C3H3N3.12C2H6.CH4/c1-2-4-6-5-3-1;1-3-4(2)6-7-5-3;1-2-6-4-3-5-1;1-2-5-4-6-3-1;1-2-4-6-5-3-1;1-3-4-6-7(2)5-3;1-4-2-6-3-5-1;1-2-5-6-3-4-1;12*1-2;/h1-5H;3H,1-2H3;3*1-4H;1-2H3;2*1-3H;12*1-2H3;1H4. The minimum atomic E-state index is 0. The fourth-order valence-electron chi connectivity index (χ4n) is 2.20. The highest BCUT2D eigenvalue weighted by atomic mass is 15.6. The number of tetrazole rings is 1. The maximum absolute atomic E-state index is 3.81. The van der Waals surface area contributed by atoms with Gasteiger partial charge in [-0.25, -0.2) is 29.9 Å². The predicted octanol–water partition coefficient (Wildman–Crippen LogP) is 15.9. The normalized spacial score (nSPS) is 8.32. The number of hydrogen-bond acceptors (Lipinski definition) is 19. The van der Waals surface area contributed by atoms with E-state index in [1.165, 1.54) is 42.6 Å². The SMILES string of the molecule is C.CC.CC.CC.CC.CC.CC.CC.CC.CC.CC.CC.CC.CC1=NN=NC1C.Cc1nnn(C)n1.c1ccncc1.c1ccnnc1.c1cnccn1.c1cncnc1.c1cnncn1.c1ncncn1. The molecule has 0 spiro atoms. The molecule has 1 aliphatic heterocycles. The molecule has 7 aromatic rings. The maximum atomic E-state index is 3.81. The average Bonchev–Trinajstić information content (AvgIpc) is 4.15. The summed E-state index contributed by atoms with van der Waals surface area (Å²) in [6.45, 7) is 53.7. The monoisotopic (exact) mass is 1050 g/mol. The first-order valence-electron chi connectivity index (χ1n) is 26.3. The maximum Gasteiger partial charge on any atom is 0.171 e. The minimum absolute atomic E-state index is 0. The second-order valence-electron chi connectivity index (χ2n) is 8.27. The van der Waals surface area contributed by atoms with E-state index in [4.69, 9.17) is 0 Å². The number of aromatic nitrogens is 17. The van der Waals surface area contributed by atoms with Crippen LogP contribution in [0.2, 0.25) is 0 Å². The summed E-state index contributed by atoms with van der Waals surface area (Å²) in [5.41, 5.74) is 1.00. The molecule has 0 amide bonds. The zero-order valence-corrected chi connectivity index (χ0v) is 51.8. The Kier molecular flexibility index (Phi) is 177. The molecular formula is C55H112N20. The van der Waals surface area contributed by atoms with Crippen LogP contribution < -0.4 is 0 Å². The van der Waals surface area contributed by atoms with Crippen molar-refractivity contribution in [1.29, 1.82) is 0 Å². The number of hydrogen-bond donors (Lipinski definition) is 0. The van der Waals surface area contributed by atoms with Gasteiger partial charge in [-0.3, -0.25) is 15.0 Å². The van der Waals surface area contributed by atoms with Crippen molar-refractivity contribution in [2.24, 2.45) is 22.5 Å². The van der Waals surface area contributed by atoms with Gasteiger partial charge < -0.3 is 0 Å². The number of rotatable bonds is 0. The highest BCUT2D eigenvalue weighted by molar-refractivity contribution is 5.87. The molecule has 7 aromatic heterocycles. The van der Waals surface area contributed by atoms with Crippen molar-refractivity contribution in [2.75, 3.05) is 0 Å². The van der Waals surface area contributed by atoms with Crippen molar-refractivity contribution in [1.82, 2.24) is 85.5 Å². The third-order valence-electron chi connectivity index (χ3n) is 4.45. The highest BCUT2D eigenvalue weighted by Gasteiger charge is 2.06. The first-order chi connectivity index (χ1) is 36.6. The fourth-order valence-corrected chi connectivity index (χ4v) is 2.20. The largest absolute Gasteiger partial charge is 0.265 e. The van der Waals surface area contributed by atoms with Crippen LogP contribution in [0.25, 0.3) is 0 Å². The first kappa shape index (κ1) is 101. The van der Waals surface area contributed by atoms with Gasteiger partial charge in [-0.05, 0) is 61.5 Å². The molecule has 20 nitrogen and oxygen atoms in total. The van der Waals surface area contributed by atoms with Gasteiger partial charge >= 0.3 is 0 Å². The molecule has 8 heterocycles. The molecule has 0 saturated heterocycles. The van der Waals surface area contributed by atoms with E-state index in [1.807, 2.05) is 210 Å². The van der Waals surface area contributed by atoms with Crippen molar-refractivity contribution < 1.29 is 0 Å². The van der Waals surface area contributed by atoms with Crippen molar-refractivity contribution in [3.63, 3.8) is 0 Å². The van der Waals surface area contributed by atoms with E-state index >= 15 is 0 Å². The van der Waals surface area contributed by atoms with Gasteiger partial charge in [-0.2, -0.15) is 25.2 Å². The third-order valence-corrected chi connectivity index (χ3v) is 4.45.